The lowest BCUT2D eigenvalue weighted by atomic mass is 9.94. The molecule has 100 valence electrons. The first kappa shape index (κ1) is 13.2. The zero-order valence-electron chi connectivity index (χ0n) is 10.8. The molecule has 0 spiro atoms. The lowest BCUT2D eigenvalue weighted by Crippen LogP contribution is -2.24. The van der Waals surface area contributed by atoms with E-state index in [1.54, 1.807) is 0 Å². The Bertz CT molecular complexity index is 565. The van der Waals surface area contributed by atoms with E-state index in [1.807, 2.05) is 30.7 Å². The number of aromatic nitrogens is 2. The molecule has 0 radical (unpaired) electrons. The van der Waals surface area contributed by atoms with Crippen molar-refractivity contribution in [1.82, 2.24) is 15.3 Å². The third-order valence-corrected chi connectivity index (χ3v) is 5.16. The van der Waals surface area contributed by atoms with Gasteiger partial charge in [0.05, 0.1) is 15.2 Å². The minimum absolute atomic E-state index is 0.453. The van der Waals surface area contributed by atoms with E-state index in [1.165, 1.54) is 33.5 Å². The summed E-state index contributed by atoms with van der Waals surface area (Å²) in [4.78, 5) is 10.2. The predicted octanol–water partition coefficient (Wildman–Crippen LogP) is 3.78. The first-order valence-corrected chi connectivity index (χ1v) is 8.12. The fourth-order valence-corrected chi connectivity index (χ4v) is 4.29. The summed E-state index contributed by atoms with van der Waals surface area (Å²) in [5.41, 5.74) is 3.43. The van der Waals surface area contributed by atoms with E-state index < -0.39 is 0 Å². The van der Waals surface area contributed by atoms with E-state index in [9.17, 15) is 0 Å². The molecular formula is C14H16BrN3S. The standard InChI is InChI=1S/C14H16BrN3S/c1-9-6-17-10(7-16-9)8-18-12-3-2-4-13-11(12)5-14(15)19-13/h5-7,12,18H,2-4,8H2,1H3. The summed E-state index contributed by atoms with van der Waals surface area (Å²) in [6.07, 6.45) is 7.36. The van der Waals surface area contributed by atoms with Crippen molar-refractivity contribution >= 4 is 27.3 Å². The molecule has 3 rings (SSSR count). The minimum Gasteiger partial charge on any atom is -0.304 e. The molecule has 0 aliphatic heterocycles. The molecule has 3 nitrogen and oxygen atoms in total. The van der Waals surface area contributed by atoms with Crippen LogP contribution in [0.1, 0.15) is 40.7 Å². The van der Waals surface area contributed by atoms with Gasteiger partial charge in [-0.15, -0.1) is 11.3 Å². The lowest BCUT2D eigenvalue weighted by molar-refractivity contribution is 0.459. The number of hydrogen-bond donors (Lipinski definition) is 1. The second-order valence-electron chi connectivity index (χ2n) is 4.90. The highest BCUT2D eigenvalue weighted by atomic mass is 79.9. The average Bonchev–Trinajstić information content (AvgIpc) is 2.79. The predicted molar refractivity (Wildman–Crippen MR) is 81.3 cm³/mol. The summed E-state index contributed by atoms with van der Waals surface area (Å²) in [6, 6.07) is 2.71. The molecule has 0 aromatic carbocycles. The summed E-state index contributed by atoms with van der Waals surface area (Å²) in [7, 11) is 0. The molecule has 2 aromatic rings. The highest BCUT2D eigenvalue weighted by Gasteiger charge is 2.22. The van der Waals surface area contributed by atoms with Crippen molar-refractivity contribution in [1.29, 1.82) is 0 Å². The van der Waals surface area contributed by atoms with Crippen molar-refractivity contribution in [2.75, 3.05) is 0 Å². The Labute approximate surface area is 125 Å². The Morgan fingerprint density at radius 2 is 2.32 bits per heavy atom. The van der Waals surface area contributed by atoms with Crippen LogP contribution >= 0.6 is 27.3 Å². The SMILES string of the molecule is Cc1cnc(CNC2CCCc3sc(Br)cc32)cn1. The first-order valence-electron chi connectivity index (χ1n) is 6.51. The number of rotatable bonds is 3. The normalized spacial score (nSPS) is 18.3. The van der Waals surface area contributed by atoms with Crippen molar-refractivity contribution < 1.29 is 0 Å². The summed E-state index contributed by atoms with van der Waals surface area (Å²) >= 11 is 5.46. The molecule has 1 aliphatic rings. The Balaban J connectivity index is 1.69. The van der Waals surface area contributed by atoms with Crippen LogP contribution in [-0.2, 0) is 13.0 Å². The largest absolute Gasteiger partial charge is 0.304 e. The summed E-state index contributed by atoms with van der Waals surface area (Å²) in [6.45, 7) is 2.74. The number of thiophene rings is 1. The van der Waals surface area contributed by atoms with Crippen LogP contribution in [0.25, 0.3) is 0 Å². The van der Waals surface area contributed by atoms with Gasteiger partial charge in [-0.1, -0.05) is 0 Å². The zero-order chi connectivity index (χ0) is 13.2. The smallest absolute Gasteiger partial charge is 0.0724 e. The number of aryl methyl sites for hydroxylation is 2. The van der Waals surface area contributed by atoms with Crippen LogP contribution in [0.5, 0.6) is 0 Å². The number of nitrogens with one attached hydrogen (secondary N) is 1. The maximum atomic E-state index is 4.39. The molecule has 2 heterocycles. The molecule has 0 saturated heterocycles. The molecule has 0 amide bonds. The highest BCUT2D eigenvalue weighted by Crippen LogP contribution is 2.37. The summed E-state index contributed by atoms with van der Waals surface area (Å²) in [5.74, 6) is 0. The van der Waals surface area contributed by atoms with E-state index in [0.717, 1.165) is 17.9 Å². The van der Waals surface area contributed by atoms with Gasteiger partial charge in [-0.2, -0.15) is 0 Å². The van der Waals surface area contributed by atoms with Crippen LogP contribution in [0.15, 0.2) is 22.2 Å². The topological polar surface area (TPSA) is 37.8 Å². The van der Waals surface area contributed by atoms with E-state index in [2.05, 4.69) is 37.3 Å². The van der Waals surface area contributed by atoms with E-state index in [4.69, 9.17) is 0 Å². The maximum Gasteiger partial charge on any atom is 0.0724 e. The van der Waals surface area contributed by atoms with Gasteiger partial charge >= 0.3 is 0 Å². The minimum atomic E-state index is 0.453. The Kier molecular flexibility index (Phi) is 3.96. The van der Waals surface area contributed by atoms with Crippen molar-refractivity contribution in [3.05, 3.63) is 44.1 Å². The number of halogens is 1. The molecule has 1 aliphatic carbocycles. The van der Waals surface area contributed by atoms with Gasteiger partial charge in [-0.05, 0) is 53.7 Å². The Morgan fingerprint density at radius 3 is 3.11 bits per heavy atom. The van der Waals surface area contributed by atoms with Gasteiger partial charge in [0.15, 0.2) is 0 Å². The van der Waals surface area contributed by atoms with E-state index in [-0.39, 0.29) is 0 Å². The Morgan fingerprint density at radius 1 is 1.42 bits per heavy atom. The second kappa shape index (κ2) is 5.69. The third kappa shape index (κ3) is 3.04. The zero-order valence-corrected chi connectivity index (χ0v) is 13.2. The van der Waals surface area contributed by atoms with E-state index >= 15 is 0 Å². The van der Waals surface area contributed by atoms with Crippen LogP contribution in [0.3, 0.4) is 0 Å². The van der Waals surface area contributed by atoms with Crippen LogP contribution < -0.4 is 5.32 Å². The molecule has 1 unspecified atom stereocenters. The number of fused-ring (bicyclic) bond motifs is 1. The maximum absolute atomic E-state index is 4.39. The summed E-state index contributed by atoms with van der Waals surface area (Å²) in [5, 5.41) is 3.61. The summed E-state index contributed by atoms with van der Waals surface area (Å²) < 4.78 is 1.24. The van der Waals surface area contributed by atoms with Crippen LogP contribution in [0.4, 0.5) is 0 Å². The van der Waals surface area contributed by atoms with Crippen LogP contribution in [-0.4, -0.2) is 9.97 Å². The number of hydrogen-bond acceptors (Lipinski definition) is 4. The van der Waals surface area contributed by atoms with Crippen molar-refractivity contribution in [2.24, 2.45) is 0 Å². The third-order valence-electron chi connectivity index (χ3n) is 3.45. The van der Waals surface area contributed by atoms with Gasteiger partial charge in [-0.3, -0.25) is 9.97 Å². The number of nitrogens with zero attached hydrogens (tertiary/aromatic N) is 2. The monoisotopic (exact) mass is 337 g/mol. The first-order chi connectivity index (χ1) is 9.22. The molecule has 0 saturated carbocycles. The lowest BCUT2D eigenvalue weighted by Gasteiger charge is -2.23. The van der Waals surface area contributed by atoms with Gasteiger partial charge in [-0.25, -0.2) is 0 Å². The van der Waals surface area contributed by atoms with Crippen LogP contribution in [0, 0.1) is 6.92 Å². The fourth-order valence-electron chi connectivity index (χ4n) is 2.47. The van der Waals surface area contributed by atoms with Gasteiger partial charge in [0, 0.05) is 29.9 Å². The van der Waals surface area contributed by atoms with Crippen molar-refractivity contribution in [3.63, 3.8) is 0 Å². The molecule has 1 atom stereocenters. The quantitative estimate of drug-likeness (QED) is 0.926. The highest BCUT2D eigenvalue weighted by molar-refractivity contribution is 9.11. The molecule has 0 bridgehead atoms. The Hall–Kier alpha value is -0.780. The van der Waals surface area contributed by atoms with Crippen LogP contribution in [0.2, 0.25) is 0 Å². The van der Waals surface area contributed by atoms with Crippen molar-refractivity contribution in [3.8, 4) is 0 Å². The molecule has 0 fully saturated rings. The van der Waals surface area contributed by atoms with Gasteiger partial charge in [0.2, 0.25) is 0 Å². The molecule has 2 aromatic heterocycles. The molecular weight excluding hydrogens is 322 g/mol. The average molecular weight is 338 g/mol. The van der Waals surface area contributed by atoms with Crippen molar-refractivity contribution in [2.45, 2.75) is 38.8 Å². The fraction of sp³-hybridized carbons (Fsp3) is 0.429. The van der Waals surface area contributed by atoms with E-state index in [0.29, 0.717) is 6.04 Å². The molecule has 1 N–H and O–H groups in total. The molecule has 5 heteroatoms. The van der Waals surface area contributed by atoms with Gasteiger partial charge in [0.1, 0.15) is 0 Å². The molecule has 19 heavy (non-hydrogen) atoms. The second-order valence-corrected chi connectivity index (χ2v) is 7.42. The van der Waals surface area contributed by atoms with Gasteiger partial charge in [0.25, 0.3) is 0 Å². The van der Waals surface area contributed by atoms with Gasteiger partial charge < -0.3 is 5.32 Å².